The molecule has 0 saturated heterocycles. The van der Waals surface area contributed by atoms with E-state index in [2.05, 4.69) is 16.0 Å². The van der Waals surface area contributed by atoms with E-state index in [4.69, 9.17) is 9.47 Å². The highest BCUT2D eigenvalue weighted by Crippen LogP contribution is 2.46. The van der Waals surface area contributed by atoms with Gasteiger partial charge in [-0.05, 0) is 48.4 Å². The van der Waals surface area contributed by atoms with Gasteiger partial charge < -0.3 is 19.4 Å². The van der Waals surface area contributed by atoms with Crippen LogP contribution in [-0.4, -0.2) is 20.5 Å². The molecule has 2 aliphatic rings. The van der Waals surface area contributed by atoms with Crippen LogP contribution in [0.15, 0.2) is 76.3 Å². The molecule has 184 valence electrons. The number of nitrogens with one attached hydrogen (secondary N) is 1. The monoisotopic (exact) mass is 492 g/mol. The van der Waals surface area contributed by atoms with Crippen LogP contribution < -0.4 is 26.0 Å². The van der Waals surface area contributed by atoms with E-state index >= 15 is 0 Å². The fraction of sp³-hybridized carbons (Fsp3) is 0.172. The molecule has 4 heterocycles. The maximum Gasteiger partial charge on any atom is 0.331 e. The number of para-hydroxylation sites is 2. The molecule has 0 bridgehead atoms. The fourth-order valence-corrected chi connectivity index (χ4v) is 5.63. The van der Waals surface area contributed by atoms with Gasteiger partial charge >= 0.3 is 5.69 Å². The van der Waals surface area contributed by atoms with Crippen molar-refractivity contribution < 1.29 is 9.47 Å². The van der Waals surface area contributed by atoms with E-state index in [1.807, 2.05) is 67.6 Å². The van der Waals surface area contributed by atoms with Crippen molar-refractivity contribution in [3.8, 4) is 28.4 Å². The number of rotatable bonds is 2. The molecule has 0 saturated carbocycles. The molecule has 7 rings (SSSR count). The summed E-state index contributed by atoms with van der Waals surface area (Å²) in [5.74, 6) is 1.37. The van der Waals surface area contributed by atoms with Crippen LogP contribution in [0.5, 0.6) is 11.5 Å². The lowest BCUT2D eigenvalue weighted by Gasteiger charge is -2.31. The maximum atomic E-state index is 13.8. The highest BCUT2D eigenvalue weighted by atomic mass is 16.7. The zero-order valence-electron chi connectivity index (χ0n) is 20.6. The van der Waals surface area contributed by atoms with E-state index in [-0.39, 0.29) is 24.1 Å². The van der Waals surface area contributed by atoms with Gasteiger partial charge in [0.25, 0.3) is 5.56 Å². The number of nitrogens with zero attached hydrogens (tertiary/aromatic N) is 3. The van der Waals surface area contributed by atoms with Crippen molar-refractivity contribution in [3.05, 3.63) is 104 Å². The summed E-state index contributed by atoms with van der Waals surface area (Å²) in [5.41, 5.74) is 6.27. The summed E-state index contributed by atoms with van der Waals surface area (Å²) in [6, 6.07) is 21.6. The van der Waals surface area contributed by atoms with E-state index in [1.165, 1.54) is 11.6 Å². The van der Waals surface area contributed by atoms with Crippen molar-refractivity contribution in [3.63, 3.8) is 0 Å². The number of benzene rings is 3. The van der Waals surface area contributed by atoms with Gasteiger partial charge in [0.2, 0.25) is 6.79 Å². The molecule has 2 aromatic heterocycles. The summed E-state index contributed by atoms with van der Waals surface area (Å²) in [7, 11) is 3.25. The Balaban J connectivity index is 1.68. The van der Waals surface area contributed by atoms with Gasteiger partial charge in [-0.2, -0.15) is 0 Å². The van der Waals surface area contributed by atoms with Crippen molar-refractivity contribution in [1.29, 1.82) is 0 Å². The molecule has 8 heteroatoms. The van der Waals surface area contributed by atoms with Crippen LogP contribution in [0, 0.1) is 6.92 Å². The molecule has 0 unspecified atom stereocenters. The molecular weight excluding hydrogens is 468 g/mol. The Hall–Kier alpha value is -4.72. The molecule has 2 aliphatic heterocycles. The predicted octanol–water partition coefficient (Wildman–Crippen LogP) is 4.25. The lowest BCUT2D eigenvalue weighted by molar-refractivity contribution is 0.174. The second kappa shape index (κ2) is 7.64. The summed E-state index contributed by atoms with van der Waals surface area (Å²) >= 11 is 0. The summed E-state index contributed by atoms with van der Waals surface area (Å²) in [6.45, 7) is 2.21. The van der Waals surface area contributed by atoms with Gasteiger partial charge in [-0.25, -0.2) is 4.79 Å². The third-order valence-corrected chi connectivity index (χ3v) is 7.35. The second-order valence-corrected chi connectivity index (χ2v) is 9.58. The summed E-state index contributed by atoms with van der Waals surface area (Å²) in [6.07, 6.45) is 0. The van der Waals surface area contributed by atoms with Crippen LogP contribution in [-0.2, 0) is 14.1 Å². The summed E-state index contributed by atoms with van der Waals surface area (Å²) in [5, 5.41) is 4.18. The van der Waals surface area contributed by atoms with Gasteiger partial charge in [0.15, 0.2) is 11.5 Å². The molecule has 0 amide bonds. The summed E-state index contributed by atoms with van der Waals surface area (Å²) in [4.78, 5) is 27.0. The average Bonchev–Trinajstić information content (AvgIpc) is 3.53. The molecule has 1 N–H and O–H groups in total. The predicted molar refractivity (Wildman–Crippen MR) is 142 cm³/mol. The van der Waals surface area contributed by atoms with Gasteiger partial charge in [0, 0.05) is 14.1 Å². The SMILES string of the molecule is Cc1cccc(-c2c3c(=O)n(C)c(=O)n(C)c3c3n2-c2ccccc2N[C@H]3c2ccc3c(c2)OCO3)c1. The normalized spacial score (nSPS) is 15.4. The molecule has 0 fully saturated rings. The van der Waals surface area contributed by atoms with E-state index in [0.29, 0.717) is 22.4 Å². The van der Waals surface area contributed by atoms with Crippen LogP contribution in [0.2, 0.25) is 0 Å². The lowest BCUT2D eigenvalue weighted by atomic mass is 9.99. The van der Waals surface area contributed by atoms with Crippen molar-refractivity contribution in [2.24, 2.45) is 14.1 Å². The van der Waals surface area contributed by atoms with Gasteiger partial charge in [0.1, 0.15) is 0 Å². The van der Waals surface area contributed by atoms with Crippen molar-refractivity contribution in [2.75, 3.05) is 12.1 Å². The molecule has 1 atom stereocenters. The number of ether oxygens (including phenoxy) is 2. The molecule has 37 heavy (non-hydrogen) atoms. The first-order valence-corrected chi connectivity index (χ1v) is 12.1. The second-order valence-electron chi connectivity index (χ2n) is 9.58. The van der Waals surface area contributed by atoms with Gasteiger partial charge in [0.05, 0.1) is 39.7 Å². The fourth-order valence-electron chi connectivity index (χ4n) is 5.63. The zero-order valence-corrected chi connectivity index (χ0v) is 20.6. The number of hydrogen-bond acceptors (Lipinski definition) is 5. The topological polar surface area (TPSA) is 79.4 Å². The molecule has 0 aliphatic carbocycles. The Labute approximate surface area is 211 Å². The highest BCUT2D eigenvalue weighted by Gasteiger charge is 2.35. The average molecular weight is 493 g/mol. The van der Waals surface area contributed by atoms with Crippen LogP contribution >= 0.6 is 0 Å². The number of aromatic nitrogens is 3. The Bertz CT molecular complexity index is 1880. The van der Waals surface area contributed by atoms with E-state index < -0.39 is 0 Å². The minimum atomic E-state index is -0.370. The van der Waals surface area contributed by atoms with Gasteiger partial charge in [-0.15, -0.1) is 0 Å². The lowest BCUT2D eigenvalue weighted by Crippen LogP contribution is -2.37. The third kappa shape index (κ3) is 2.95. The molecular formula is C29H24N4O4. The Morgan fingerprint density at radius 2 is 1.70 bits per heavy atom. The standard InChI is InChI=1S/C29H24N4O4/c1-16-7-6-8-18(13-16)25-23-26(31(2)29(35)32(3)28(23)34)27-24(17-11-12-21-22(14-17)37-15-36-21)30-19-9-4-5-10-20(19)33(25)27/h4-14,24,30H,15H2,1-3H3/t24-/m0/s1. The van der Waals surface area contributed by atoms with Crippen LogP contribution in [0.4, 0.5) is 5.69 Å². The Morgan fingerprint density at radius 1 is 0.892 bits per heavy atom. The summed E-state index contributed by atoms with van der Waals surface area (Å²) < 4.78 is 16.1. The van der Waals surface area contributed by atoms with E-state index in [1.54, 1.807) is 11.6 Å². The van der Waals surface area contributed by atoms with E-state index in [9.17, 15) is 9.59 Å². The number of anilines is 1. The number of hydrogen-bond donors (Lipinski definition) is 1. The number of fused-ring (bicyclic) bond motifs is 6. The quantitative estimate of drug-likeness (QED) is 0.399. The Morgan fingerprint density at radius 3 is 2.54 bits per heavy atom. The largest absolute Gasteiger partial charge is 0.454 e. The smallest absolute Gasteiger partial charge is 0.331 e. The van der Waals surface area contributed by atoms with Crippen LogP contribution in [0.1, 0.15) is 22.9 Å². The molecule has 8 nitrogen and oxygen atoms in total. The third-order valence-electron chi connectivity index (χ3n) is 7.35. The first-order chi connectivity index (χ1) is 17.9. The minimum Gasteiger partial charge on any atom is -0.454 e. The Kier molecular flexibility index (Phi) is 4.45. The van der Waals surface area contributed by atoms with Gasteiger partial charge in [-0.1, -0.05) is 42.0 Å². The zero-order chi connectivity index (χ0) is 25.4. The minimum absolute atomic E-state index is 0.182. The molecule has 5 aromatic rings. The van der Waals surface area contributed by atoms with E-state index in [0.717, 1.165) is 39.5 Å². The first-order valence-electron chi connectivity index (χ1n) is 12.1. The van der Waals surface area contributed by atoms with Gasteiger partial charge in [-0.3, -0.25) is 13.9 Å². The first kappa shape index (κ1) is 21.6. The van der Waals surface area contributed by atoms with Crippen molar-refractivity contribution in [2.45, 2.75) is 13.0 Å². The molecule has 0 radical (unpaired) electrons. The van der Waals surface area contributed by atoms with Crippen LogP contribution in [0.3, 0.4) is 0 Å². The molecule has 0 spiro atoms. The number of aryl methyl sites for hydroxylation is 2. The maximum absolute atomic E-state index is 13.8. The highest BCUT2D eigenvalue weighted by molar-refractivity contribution is 5.99. The molecule has 3 aromatic carbocycles. The van der Waals surface area contributed by atoms with Crippen molar-refractivity contribution in [1.82, 2.24) is 13.7 Å². The van der Waals surface area contributed by atoms with Crippen molar-refractivity contribution >= 4 is 16.6 Å². The van der Waals surface area contributed by atoms with Crippen LogP contribution in [0.25, 0.3) is 27.8 Å².